The van der Waals surface area contributed by atoms with E-state index in [2.05, 4.69) is 10.3 Å². The number of unbranched alkanes of at least 4 members (excludes halogenated alkanes) is 2. The van der Waals surface area contributed by atoms with Crippen molar-refractivity contribution in [3.05, 3.63) is 78.6 Å². The highest BCUT2D eigenvalue weighted by Gasteiger charge is 2.25. The molecule has 0 radical (unpaired) electrons. The summed E-state index contributed by atoms with van der Waals surface area (Å²) in [5.41, 5.74) is 2.39. The lowest BCUT2D eigenvalue weighted by molar-refractivity contribution is -0.143. The zero-order chi connectivity index (χ0) is 26.5. The van der Waals surface area contributed by atoms with Gasteiger partial charge in [0.2, 0.25) is 0 Å². The first-order valence-corrected chi connectivity index (χ1v) is 14.0. The summed E-state index contributed by atoms with van der Waals surface area (Å²) in [6.07, 6.45) is 5.71. The second-order valence-corrected chi connectivity index (χ2v) is 10.4. The Bertz CT molecular complexity index is 1220. The van der Waals surface area contributed by atoms with E-state index in [1.54, 1.807) is 55.7 Å². The van der Waals surface area contributed by atoms with Crippen LogP contribution in [-0.4, -0.2) is 45.7 Å². The third kappa shape index (κ3) is 8.78. The lowest BCUT2D eigenvalue weighted by Gasteiger charge is -2.25. The number of carbonyl (C=O) groups is 1. The van der Waals surface area contributed by atoms with Gasteiger partial charge in [-0.05, 0) is 68.7 Å². The van der Waals surface area contributed by atoms with Gasteiger partial charge in [-0.3, -0.25) is 14.1 Å². The van der Waals surface area contributed by atoms with Gasteiger partial charge in [0.15, 0.2) is 0 Å². The zero-order valence-corrected chi connectivity index (χ0v) is 22.2. The molecule has 0 saturated heterocycles. The normalized spacial score (nSPS) is 11.1. The molecule has 0 atom stereocenters. The molecule has 0 saturated carbocycles. The van der Waals surface area contributed by atoms with Crippen LogP contribution in [0.25, 0.3) is 0 Å². The fourth-order valence-electron chi connectivity index (χ4n) is 3.83. The van der Waals surface area contributed by atoms with E-state index in [1.807, 2.05) is 31.2 Å². The molecule has 1 N–H and O–H groups in total. The molecule has 198 valence electrons. The number of benzene rings is 2. The Hall–Kier alpha value is -3.59. The molecule has 3 aromatic rings. The van der Waals surface area contributed by atoms with Crippen LogP contribution in [0.2, 0.25) is 0 Å². The van der Waals surface area contributed by atoms with Crippen LogP contribution in [0.5, 0.6) is 5.75 Å². The first-order valence-electron chi connectivity index (χ1n) is 12.5. The zero-order valence-electron chi connectivity index (χ0n) is 21.4. The average molecular weight is 526 g/mol. The van der Waals surface area contributed by atoms with Crippen molar-refractivity contribution in [1.82, 2.24) is 4.98 Å². The first-order chi connectivity index (χ1) is 17.9. The van der Waals surface area contributed by atoms with Crippen molar-refractivity contribution >= 4 is 27.4 Å². The van der Waals surface area contributed by atoms with E-state index in [-0.39, 0.29) is 17.4 Å². The van der Waals surface area contributed by atoms with Gasteiger partial charge >= 0.3 is 5.97 Å². The van der Waals surface area contributed by atoms with Gasteiger partial charge in [-0.15, -0.1) is 0 Å². The van der Waals surface area contributed by atoms with Gasteiger partial charge < -0.3 is 14.8 Å². The molecule has 0 fully saturated rings. The van der Waals surface area contributed by atoms with Gasteiger partial charge in [0, 0.05) is 43.7 Å². The number of pyridine rings is 1. The Labute approximate surface area is 219 Å². The number of sulfonamides is 1. The molecule has 9 heteroatoms. The number of hydrogen-bond donors (Lipinski definition) is 1. The first kappa shape index (κ1) is 28.0. The summed E-state index contributed by atoms with van der Waals surface area (Å²) in [6, 6.07) is 17.7. The van der Waals surface area contributed by atoms with Crippen molar-refractivity contribution in [2.75, 3.05) is 35.9 Å². The minimum atomic E-state index is -3.79. The van der Waals surface area contributed by atoms with Crippen LogP contribution in [0.4, 0.5) is 11.4 Å². The fourth-order valence-corrected chi connectivity index (χ4v) is 5.34. The number of anilines is 2. The van der Waals surface area contributed by atoms with Crippen LogP contribution in [0, 0.1) is 6.92 Å². The summed E-state index contributed by atoms with van der Waals surface area (Å²) < 4.78 is 39.6. The highest BCUT2D eigenvalue weighted by Crippen LogP contribution is 2.29. The average Bonchev–Trinajstić information content (AvgIpc) is 2.89. The summed E-state index contributed by atoms with van der Waals surface area (Å²) in [4.78, 5) is 15.8. The Balaban J connectivity index is 1.71. The molecule has 0 aliphatic carbocycles. The van der Waals surface area contributed by atoms with Gasteiger partial charge in [-0.1, -0.05) is 24.6 Å². The number of nitrogens with zero attached hydrogens (tertiary/aromatic N) is 2. The number of esters is 1. The van der Waals surface area contributed by atoms with Crippen molar-refractivity contribution in [2.45, 2.75) is 44.4 Å². The van der Waals surface area contributed by atoms with Gasteiger partial charge in [-0.2, -0.15) is 0 Å². The van der Waals surface area contributed by atoms with Gasteiger partial charge in [0.05, 0.1) is 17.2 Å². The third-order valence-electron chi connectivity index (χ3n) is 5.58. The number of nitrogens with one attached hydrogen (secondary N) is 1. The standard InChI is InChI=1S/C28H35N3O5S/c1-3-35-28(32)12-8-5-9-18-31(37(33,34)27-10-6-4-7-11-27)25-20-23(2)21-26(22-25)36-19-17-30-24-13-15-29-16-14-24/h4,6-7,10-11,13-16,20-22H,3,5,8-9,12,17-19H2,1-2H3,(H,29,30). The maximum Gasteiger partial charge on any atom is 0.305 e. The molecule has 0 amide bonds. The Morgan fingerprint density at radius 3 is 2.49 bits per heavy atom. The fraction of sp³-hybridized carbons (Fsp3) is 0.357. The predicted molar refractivity (Wildman–Crippen MR) is 145 cm³/mol. The maximum atomic E-state index is 13.6. The number of rotatable bonds is 15. The lowest BCUT2D eigenvalue weighted by Crippen LogP contribution is -2.32. The molecule has 1 aromatic heterocycles. The summed E-state index contributed by atoms with van der Waals surface area (Å²) in [6.45, 7) is 5.33. The number of carbonyl (C=O) groups excluding carboxylic acids is 1. The number of aromatic nitrogens is 1. The molecule has 2 aromatic carbocycles. The van der Waals surface area contributed by atoms with E-state index in [9.17, 15) is 13.2 Å². The SMILES string of the molecule is CCOC(=O)CCCCCN(c1cc(C)cc(OCCNc2ccncc2)c1)S(=O)(=O)c1ccccc1. The summed E-state index contributed by atoms with van der Waals surface area (Å²) in [7, 11) is -3.79. The van der Waals surface area contributed by atoms with Crippen molar-refractivity contribution < 1.29 is 22.7 Å². The topological polar surface area (TPSA) is 97.8 Å². The van der Waals surface area contributed by atoms with E-state index in [1.165, 1.54) is 4.31 Å². The van der Waals surface area contributed by atoms with Crippen molar-refractivity contribution in [1.29, 1.82) is 0 Å². The van der Waals surface area contributed by atoms with E-state index in [0.717, 1.165) is 11.3 Å². The van der Waals surface area contributed by atoms with Gasteiger partial charge in [0.1, 0.15) is 12.4 Å². The lowest BCUT2D eigenvalue weighted by atomic mass is 10.1. The van der Waals surface area contributed by atoms with Crippen LogP contribution in [-0.2, 0) is 19.6 Å². The smallest absolute Gasteiger partial charge is 0.305 e. The molecular formula is C28H35N3O5S. The maximum absolute atomic E-state index is 13.6. The number of ether oxygens (including phenoxy) is 2. The quantitative estimate of drug-likeness (QED) is 0.215. The Morgan fingerprint density at radius 2 is 1.76 bits per heavy atom. The summed E-state index contributed by atoms with van der Waals surface area (Å²) in [5.74, 6) is 0.372. The van der Waals surface area contributed by atoms with Crippen LogP contribution in [0.1, 0.15) is 38.2 Å². The largest absolute Gasteiger partial charge is 0.492 e. The summed E-state index contributed by atoms with van der Waals surface area (Å²) in [5, 5.41) is 3.26. The molecule has 0 aliphatic rings. The second-order valence-electron chi connectivity index (χ2n) is 8.52. The van der Waals surface area contributed by atoms with Gasteiger partial charge in [0.25, 0.3) is 10.0 Å². The summed E-state index contributed by atoms with van der Waals surface area (Å²) >= 11 is 0. The van der Waals surface area contributed by atoms with Crippen molar-refractivity contribution in [3.63, 3.8) is 0 Å². The minimum absolute atomic E-state index is 0.227. The van der Waals surface area contributed by atoms with Gasteiger partial charge in [-0.25, -0.2) is 8.42 Å². The van der Waals surface area contributed by atoms with E-state index >= 15 is 0 Å². The molecule has 0 spiro atoms. The number of aryl methyl sites for hydroxylation is 1. The van der Waals surface area contributed by atoms with Crippen LogP contribution in [0.3, 0.4) is 0 Å². The monoisotopic (exact) mass is 525 g/mol. The molecule has 0 aliphatic heterocycles. The van der Waals surface area contributed by atoms with E-state index < -0.39 is 10.0 Å². The number of hydrogen-bond acceptors (Lipinski definition) is 7. The molecule has 0 unspecified atom stereocenters. The Kier molecular flexibility index (Phi) is 10.8. The molecule has 0 bridgehead atoms. The third-order valence-corrected chi connectivity index (χ3v) is 7.42. The van der Waals surface area contributed by atoms with Crippen LogP contribution in [0.15, 0.2) is 78.0 Å². The molecular weight excluding hydrogens is 490 g/mol. The highest BCUT2D eigenvalue weighted by molar-refractivity contribution is 7.92. The highest BCUT2D eigenvalue weighted by atomic mass is 32.2. The van der Waals surface area contributed by atoms with E-state index in [4.69, 9.17) is 9.47 Å². The van der Waals surface area contributed by atoms with Crippen LogP contribution < -0.4 is 14.4 Å². The minimum Gasteiger partial charge on any atom is -0.492 e. The van der Waals surface area contributed by atoms with Crippen molar-refractivity contribution in [3.8, 4) is 5.75 Å². The predicted octanol–water partition coefficient (Wildman–Crippen LogP) is 5.20. The van der Waals surface area contributed by atoms with Crippen molar-refractivity contribution in [2.24, 2.45) is 0 Å². The molecule has 1 heterocycles. The van der Waals surface area contributed by atoms with Crippen LogP contribution >= 0.6 is 0 Å². The Morgan fingerprint density at radius 1 is 1.00 bits per heavy atom. The molecule has 8 nitrogen and oxygen atoms in total. The molecule has 37 heavy (non-hydrogen) atoms. The second kappa shape index (κ2) is 14.2. The van der Waals surface area contributed by atoms with E-state index in [0.29, 0.717) is 56.9 Å². The molecule has 3 rings (SSSR count).